The fraction of sp³-hybridized carbons (Fsp3) is 0.320. The number of carbonyl (C=O) groups excluding carboxylic acids is 1. The number of carbonyl (C=O) groups is 1. The first-order valence-electron chi connectivity index (χ1n) is 10.6. The van der Waals surface area contributed by atoms with Gasteiger partial charge in [-0.1, -0.05) is 36.4 Å². The maximum absolute atomic E-state index is 13.3. The third-order valence-corrected chi connectivity index (χ3v) is 6.50. The van der Waals surface area contributed by atoms with Crippen molar-refractivity contribution in [1.29, 1.82) is 0 Å². The molecule has 0 saturated carbocycles. The second kappa shape index (κ2) is 7.11. The summed E-state index contributed by atoms with van der Waals surface area (Å²) in [5.74, 6) is 0.103. The Morgan fingerprint density at radius 2 is 1.90 bits per heavy atom. The lowest BCUT2D eigenvalue weighted by Crippen LogP contribution is -2.49. The van der Waals surface area contributed by atoms with Crippen molar-refractivity contribution in [3.05, 3.63) is 71.9 Å². The van der Waals surface area contributed by atoms with E-state index in [2.05, 4.69) is 84.5 Å². The van der Waals surface area contributed by atoms with E-state index >= 15 is 0 Å². The van der Waals surface area contributed by atoms with Crippen molar-refractivity contribution in [2.75, 3.05) is 24.5 Å². The average Bonchev–Trinajstić information content (AvgIpc) is 3.19. The third-order valence-electron chi connectivity index (χ3n) is 6.50. The molecule has 0 spiro atoms. The van der Waals surface area contributed by atoms with Crippen LogP contribution >= 0.6 is 0 Å². The van der Waals surface area contributed by atoms with E-state index in [1.165, 1.54) is 33.3 Å². The smallest absolute Gasteiger partial charge is 0.231 e. The fourth-order valence-corrected chi connectivity index (χ4v) is 5.07. The van der Waals surface area contributed by atoms with E-state index in [0.717, 1.165) is 26.1 Å². The lowest BCUT2D eigenvalue weighted by molar-refractivity contribution is -0.133. The maximum Gasteiger partial charge on any atom is 0.231 e. The average molecular weight is 386 g/mol. The van der Waals surface area contributed by atoms with Crippen LogP contribution < -0.4 is 4.90 Å². The van der Waals surface area contributed by atoms with Gasteiger partial charge in [0.25, 0.3) is 0 Å². The Kier molecular flexibility index (Phi) is 4.42. The van der Waals surface area contributed by atoms with Gasteiger partial charge in [0, 0.05) is 42.4 Å². The Morgan fingerprint density at radius 1 is 1.10 bits per heavy atom. The highest BCUT2D eigenvalue weighted by molar-refractivity contribution is 6.00. The number of amides is 1. The second-order valence-corrected chi connectivity index (χ2v) is 7.99. The van der Waals surface area contributed by atoms with Gasteiger partial charge in [-0.15, -0.1) is 0 Å². The number of benzene rings is 2. The molecule has 1 N–H and O–H groups in total. The molecular weight excluding hydrogens is 358 g/mol. The number of nitrogens with zero attached hydrogens (tertiary/aromatic N) is 2. The molecule has 0 bridgehead atoms. The number of para-hydroxylation sites is 1. The Balaban J connectivity index is 1.65. The number of hydrogen-bond donors (Lipinski definition) is 1. The van der Waals surface area contributed by atoms with Gasteiger partial charge in [0.2, 0.25) is 5.91 Å². The molecule has 1 aromatic heterocycles. The highest BCUT2D eigenvalue weighted by Crippen LogP contribution is 2.42. The van der Waals surface area contributed by atoms with E-state index in [4.69, 9.17) is 0 Å². The zero-order valence-electron chi connectivity index (χ0n) is 17.1. The van der Waals surface area contributed by atoms with Crippen LogP contribution in [-0.2, 0) is 11.2 Å². The molecule has 1 aliphatic carbocycles. The van der Waals surface area contributed by atoms with Crippen molar-refractivity contribution in [3.63, 3.8) is 0 Å². The van der Waals surface area contributed by atoms with Crippen molar-refractivity contribution in [3.8, 4) is 0 Å². The summed E-state index contributed by atoms with van der Waals surface area (Å²) in [6.45, 7) is 6.34. The molecule has 4 nitrogen and oxygen atoms in total. The molecular formula is C25H27N3O. The predicted octanol–water partition coefficient (Wildman–Crippen LogP) is 4.48. The number of fused-ring (bicyclic) bond motifs is 2. The van der Waals surface area contributed by atoms with Crippen LogP contribution in [0.2, 0.25) is 0 Å². The summed E-state index contributed by atoms with van der Waals surface area (Å²) in [5, 5.41) is 1.32. The molecule has 0 fully saturated rings. The van der Waals surface area contributed by atoms with Crippen LogP contribution in [-0.4, -0.2) is 41.5 Å². The number of anilines is 1. The van der Waals surface area contributed by atoms with Crippen LogP contribution in [0.5, 0.6) is 0 Å². The van der Waals surface area contributed by atoms with Crippen LogP contribution in [0, 0.1) is 5.92 Å². The van der Waals surface area contributed by atoms with E-state index in [1.54, 1.807) is 0 Å². The predicted molar refractivity (Wildman–Crippen MR) is 119 cm³/mol. The number of hydrogen-bond acceptors (Lipinski definition) is 2. The van der Waals surface area contributed by atoms with Crippen molar-refractivity contribution in [2.45, 2.75) is 26.3 Å². The van der Waals surface area contributed by atoms with Gasteiger partial charge in [-0.2, -0.15) is 0 Å². The number of rotatable bonds is 4. The molecule has 5 rings (SSSR count). The molecule has 3 aromatic rings. The summed E-state index contributed by atoms with van der Waals surface area (Å²) in [6, 6.07) is 17.3. The monoisotopic (exact) mass is 385 g/mol. The summed E-state index contributed by atoms with van der Waals surface area (Å²) in [7, 11) is 0. The molecule has 0 unspecified atom stereocenters. The topological polar surface area (TPSA) is 39.3 Å². The summed E-state index contributed by atoms with van der Waals surface area (Å²) in [5.41, 5.74) is 6.30. The van der Waals surface area contributed by atoms with Gasteiger partial charge >= 0.3 is 0 Å². The largest absolute Gasteiger partial charge is 0.363 e. The first kappa shape index (κ1) is 18.0. The summed E-state index contributed by atoms with van der Waals surface area (Å²) in [4.78, 5) is 21.1. The van der Waals surface area contributed by atoms with E-state index in [0.29, 0.717) is 0 Å². The molecule has 29 heavy (non-hydrogen) atoms. The van der Waals surface area contributed by atoms with Gasteiger partial charge in [-0.25, -0.2) is 0 Å². The fourth-order valence-electron chi connectivity index (χ4n) is 5.07. The normalized spacial score (nSPS) is 20.3. The van der Waals surface area contributed by atoms with Crippen LogP contribution in [0.1, 0.15) is 25.0 Å². The number of H-pyrrole nitrogens is 1. The molecule has 0 saturated heterocycles. The minimum atomic E-state index is -0.128. The number of aromatic amines is 1. The van der Waals surface area contributed by atoms with Crippen molar-refractivity contribution >= 4 is 28.1 Å². The SMILES string of the molecule is CCN(CC)C(=O)[C@@H]1C=C2c3cccc4[nH]cc(c34)C[C@H]2N(c2ccccc2)C1. The summed E-state index contributed by atoms with van der Waals surface area (Å²) >= 11 is 0. The van der Waals surface area contributed by atoms with Crippen LogP contribution in [0.4, 0.5) is 5.69 Å². The van der Waals surface area contributed by atoms with Gasteiger partial charge in [0.1, 0.15) is 0 Å². The van der Waals surface area contributed by atoms with Crippen molar-refractivity contribution < 1.29 is 4.79 Å². The number of aromatic nitrogens is 1. The summed E-state index contributed by atoms with van der Waals surface area (Å²) in [6.07, 6.45) is 5.38. The minimum absolute atomic E-state index is 0.128. The minimum Gasteiger partial charge on any atom is -0.363 e. The zero-order valence-corrected chi connectivity index (χ0v) is 17.1. The lowest BCUT2D eigenvalue weighted by Gasteiger charge is -2.43. The Morgan fingerprint density at radius 3 is 2.66 bits per heavy atom. The quantitative estimate of drug-likeness (QED) is 0.719. The van der Waals surface area contributed by atoms with E-state index in [9.17, 15) is 4.79 Å². The summed E-state index contributed by atoms with van der Waals surface area (Å²) < 4.78 is 0. The van der Waals surface area contributed by atoms with Crippen molar-refractivity contribution in [1.82, 2.24) is 9.88 Å². The van der Waals surface area contributed by atoms with Gasteiger partial charge in [-0.05, 0) is 55.2 Å². The van der Waals surface area contributed by atoms with Gasteiger partial charge < -0.3 is 14.8 Å². The van der Waals surface area contributed by atoms with Crippen LogP contribution in [0.15, 0.2) is 60.8 Å². The number of nitrogens with one attached hydrogen (secondary N) is 1. The van der Waals surface area contributed by atoms with Gasteiger partial charge in [-0.3, -0.25) is 4.79 Å². The third kappa shape index (κ3) is 2.86. The second-order valence-electron chi connectivity index (χ2n) is 7.99. The molecule has 2 aliphatic rings. The van der Waals surface area contributed by atoms with Crippen LogP contribution in [0.25, 0.3) is 16.5 Å². The molecule has 2 atom stereocenters. The molecule has 1 aliphatic heterocycles. The van der Waals surface area contributed by atoms with E-state index < -0.39 is 0 Å². The molecule has 148 valence electrons. The highest BCUT2D eigenvalue weighted by atomic mass is 16.2. The Bertz CT molecular complexity index is 1080. The Hall–Kier alpha value is -3.01. The van der Waals surface area contributed by atoms with Crippen LogP contribution in [0.3, 0.4) is 0 Å². The van der Waals surface area contributed by atoms with E-state index in [-0.39, 0.29) is 17.9 Å². The first-order chi connectivity index (χ1) is 14.2. The highest BCUT2D eigenvalue weighted by Gasteiger charge is 2.38. The lowest BCUT2D eigenvalue weighted by atomic mass is 9.79. The standard InChI is InChI=1S/C25H27N3O/c1-3-27(4-2)25(29)18-13-21-20-11-8-12-22-24(20)17(15-26-22)14-23(21)28(16-18)19-9-6-5-7-10-19/h5-13,15,18,23,26H,3-4,14,16H2,1-2H3/t18-,23-/m1/s1. The Labute approximate surface area is 171 Å². The zero-order chi connectivity index (χ0) is 20.0. The van der Waals surface area contributed by atoms with Gasteiger partial charge in [0.15, 0.2) is 0 Å². The van der Waals surface area contributed by atoms with E-state index in [1.807, 2.05) is 4.90 Å². The molecule has 4 heteroatoms. The first-order valence-corrected chi connectivity index (χ1v) is 10.6. The molecule has 2 heterocycles. The molecule has 0 radical (unpaired) electrons. The molecule has 2 aromatic carbocycles. The molecule has 1 amide bonds. The maximum atomic E-state index is 13.3. The van der Waals surface area contributed by atoms with Gasteiger partial charge in [0.05, 0.1) is 12.0 Å². The van der Waals surface area contributed by atoms with Crippen molar-refractivity contribution in [2.24, 2.45) is 5.92 Å².